The summed E-state index contributed by atoms with van der Waals surface area (Å²) in [6.45, 7) is 1.70. The van der Waals surface area contributed by atoms with Gasteiger partial charge in [-0.3, -0.25) is 0 Å². The highest BCUT2D eigenvalue weighted by atomic mass is 19.1. The Bertz CT molecular complexity index is 609. The largest absolute Gasteiger partial charge is 0.487 e. The highest BCUT2D eigenvalue weighted by Gasteiger charge is 2.32. The van der Waals surface area contributed by atoms with E-state index in [2.05, 4.69) is 0 Å². The van der Waals surface area contributed by atoms with E-state index in [0.29, 0.717) is 17.7 Å². The fourth-order valence-corrected chi connectivity index (χ4v) is 2.51. The van der Waals surface area contributed by atoms with Crippen LogP contribution in [0.15, 0.2) is 42.5 Å². The number of hydrogen-bond donors (Lipinski definition) is 1. The Morgan fingerprint density at radius 1 is 1.21 bits per heavy atom. The van der Waals surface area contributed by atoms with Gasteiger partial charge in [0, 0.05) is 6.42 Å². The first-order chi connectivity index (χ1) is 9.15. The van der Waals surface area contributed by atoms with E-state index < -0.39 is 6.10 Å². The smallest absolute Gasteiger partial charge is 0.133 e. The second-order valence-corrected chi connectivity index (χ2v) is 4.92. The van der Waals surface area contributed by atoms with E-state index >= 15 is 0 Å². The van der Waals surface area contributed by atoms with Crippen LogP contribution < -0.4 is 4.74 Å². The van der Waals surface area contributed by atoms with Gasteiger partial charge in [-0.2, -0.15) is 0 Å². The van der Waals surface area contributed by atoms with Gasteiger partial charge in [0.2, 0.25) is 0 Å². The lowest BCUT2D eigenvalue weighted by molar-refractivity contribution is 0.0493. The number of aliphatic hydroxyl groups is 1. The molecule has 3 rings (SSSR count). The Morgan fingerprint density at radius 2 is 2.00 bits per heavy atom. The molecule has 2 unspecified atom stereocenters. The van der Waals surface area contributed by atoms with Gasteiger partial charge in [0.1, 0.15) is 23.8 Å². The summed E-state index contributed by atoms with van der Waals surface area (Å²) in [5, 5.41) is 10.2. The third kappa shape index (κ3) is 2.22. The van der Waals surface area contributed by atoms with Crippen LogP contribution in [0, 0.1) is 12.7 Å². The molecule has 0 bridgehead atoms. The number of rotatable bonds is 2. The van der Waals surface area contributed by atoms with Gasteiger partial charge < -0.3 is 9.84 Å². The molecule has 1 aliphatic rings. The summed E-state index contributed by atoms with van der Waals surface area (Å²) in [5.41, 5.74) is 2.58. The zero-order chi connectivity index (χ0) is 13.4. The maximum absolute atomic E-state index is 13.2. The third-order valence-corrected chi connectivity index (χ3v) is 3.56. The molecule has 0 radical (unpaired) electrons. The molecule has 0 aliphatic heterocycles. The number of halogens is 1. The van der Waals surface area contributed by atoms with Crippen LogP contribution >= 0.6 is 0 Å². The van der Waals surface area contributed by atoms with E-state index in [4.69, 9.17) is 4.74 Å². The van der Waals surface area contributed by atoms with Gasteiger partial charge >= 0.3 is 0 Å². The molecule has 3 heteroatoms. The fourth-order valence-electron chi connectivity index (χ4n) is 2.51. The van der Waals surface area contributed by atoms with Crippen molar-refractivity contribution in [3.05, 3.63) is 65.0 Å². The van der Waals surface area contributed by atoms with E-state index in [9.17, 15) is 9.50 Å². The summed E-state index contributed by atoms with van der Waals surface area (Å²) in [6.07, 6.45) is -0.253. The normalized spacial score (nSPS) is 21.2. The van der Waals surface area contributed by atoms with Gasteiger partial charge in [0.15, 0.2) is 0 Å². The monoisotopic (exact) mass is 258 g/mol. The molecule has 0 aromatic heterocycles. The SMILES string of the molecule is Cc1cc(OC2Cc3ccccc3C2O)ccc1F. The highest BCUT2D eigenvalue weighted by Crippen LogP contribution is 2.34. The maximum atomic E-state index is 13.2. The molecule has 0 saturated heterocycles. The van der Waals surface area contributed by atoms with Crippen LogP contribution in [-0.2, 0) is 6.42 Å². The molecule has 2 aromatic rings. The minimum Gasteiger partial charge on any atom is -0.487 e. The minimum absolute atomic E-state index is 0.248. The predicted molar refractivity (Wildman–Crippen MR) is 70.7 cm³/mol. The number of aryl methyl sites for hydroxylation is 1. The van der Waals surface area contributed by atoms with Crippen LogP contribution in [0.3, 0.4) is 0 Å². The average molecular weight is 258 g/mol. The third-order valence-electron chi connectivity index (χ3n) is 3.56. The van der Waals surface area contributed by atoms with Crippen LogP contribution in [-0.4, -0.2) is 11.2 Å². The van der Waals surface area contributed by atoms with E-state index in [1.807, 2.05) is 24.3 Å². The van der Waals surface area contributed by atoms with Crippen LogP contribution in [0.25, 0.3) is 0 Å². The summed E-state index contributed by atoms with van der Waals surface area (Å²) in [5.74, 6) is 0.346. The lowest BCUT2D eigenvalue weighted by Crippen LogP contribution is -2.21. The first-order valence-corrected chi connectivity index (χ1v) is 6.34. The predicted octanol–water partition coefficient (Wildman–Crippen LogP) is 3.17. The van der Waals surface area contributed by atoms with Crippen molar-refractivity contribution in [1.29, 1.82) is 0 Å². The second kappa shape index (κ2) is 4.67. The van der Waals surface area contributed by atoms with Crippen LogP contribution in [0.5, 0.6) is 5.75 Å². The Kier molecular flexibility index (Phi) is 2.99. The standard InChI is InChI=1S/C16H15FO2/c1-10-8-12(6-7-14(10)17)19-15-9-11-4-2-3-5-13(11)16(15)18/h2-8,15-16,18H,9H2,1H3. The van der Waals surface area contributed by atoms with Crippen molar-refractivity contribution in [3.63, 3.8) is 0 Å². The molecule has 0 amide bonds. The number of benzene rings is 2. The van der Waals surface area contributed by atoms with Crippen molar-refractivity contribution in [3.8, 4) is 5.75 Å². The summed E-state index contributed by atoms with van der Waals surface area (Å²) in [7, 11) is 0. The molecule has 0 spiro atoms. The second-order valence-electron chi connectivity index (χ2n) is 4.92. The van der Waals surface area contributed by atoms with Crippen LogP contribution in [0.2, 0.25) is 0 Å². The Balaban J connectivity index is 1.80. The molecule has 19 heavy (non-hydrogen) atoms. The van der Waals surface area contributed by atoms with Gasteiger partial charge in [0.05, 0.1) is 0 Å². The molecule has 1 N–H and O–H groups in total. The minimum atomic E-state index is -0.624. The fraction of sp³-hybridized carbons (Fsp3) is 0.250. The molecule has 0 heterocycles. The zero-order valence-corrected chi connectivity index (χ0v) is 10.6. The average Bonchev–Trinajstić information content (AvgIpc) is 2.72. The topological polar surface area (TPSA) is 29.5 Å². The van der Waals surface area contributed by atoms with Gasteiger partial charge in [-0.05, 0) is 41.8 Å². The lowest BCUT2D eigenvalue weighted by Gasteiger charge is -2.18. The molecule has 2 nitrogen and oxygen atoms in total. The lowest BCUT2D eigenvalue weighted by atomic mass is 10.1. The maximum Gasteiger partial charge on any atom is 0.133 e. The van der Waals surface area contributed by atoms with Crippen molar-refractivity contribution in [2.45, 2.75) is 25.6 Å². The van der Waals surface area contributed by atoms with Crippen molar-refractivity contribution < 1.29 is 14.2 Å². The van der Waals surface area contributed by atoms with E-state index in [0.717, 1.165) is 11.1 Å². The molecule has 0 saturated carbocycles. The van der Waals surface area contributed by atoms with Crippen LogP contribution in [0.4, 0.5) is 4.39 Å². The molecule has 1 aliphatic carbocycles. The first-order valence-electron chi connectivity index (χ1n) is 6.34. The molecule has 0 fully saturated rings. The summed E-state index contributed by atoms with van der Waals surface area (Å²) in [6, 6.07) is 12.4. The first kappa shape index (κ1) is 12.2. The van der Waals surface area contributed by atoms with Crippen molar-refractivity contribution in [1.82, 2.24) is 0 Å². The zero-order valence-electron chi connectivity index (χ0n) is 10.6. The van der Waals surface area contributed by atoms with E-state index in [1.165, 1.54) is 6.07 Å². The number of aliphatic hydroxyl groups excluding tert-OH is 1. The van der Waals surface area contributed by atoms with Crippen molar-refractivity contribution in [2.75, 3.05) is 0 Å². The molecular weight excluding hydrogens is 243 g/mol. The highest BCUT2D eigenvalue weighted by molar-refractivity contribution is 5.36. The van der Waals surface area contributed by atoms with Gasteiger partial charge in [-0.1, -0.05) is 24.3 Å². The molecule has 98 valence electrons. The van der Waals surface area contributed by atoms with Gasteiger partial charge in [-0.25, -0.2) is 4.39 Å². The molecular formula is C16H15FO2. The van der Waals surface area contributed by atoms with Gasteiger partial charge in [0.25, 0.3) is 0 Å². The Morgan fingerprint density at radius 3 is 2.74 bits per heavy atom. The quantitative estimate of drug-likeness (QED) is 0.896. The van der Waals surface area contributed by atoms with Crippen molar-refractivity contribution in [2.24, 2.45) is 0 Å². The van der Waals surface area contributed by atoms with E-state index in [1.54, 1.807) is 19.1 Å². The number of ether oxygens (including phenoxy) is 1. The number of fused-ring (bicyclic) bond motifs is 1. The summed E-state index contributed by atoms with van der Waals surface area (Å²) >= 11 is 0. The summed E-state index contributed by atoms with van der Waals surface area (Å²) in [4.78, 5) is 0. The summed E-state index contributed by atoms with van der Waals surface area (Å²) < 4.78 is 19.0. The Hall–Kier alpha value is -1.87. The van der Waals surface area contributed by atoms with E-state index in [-0.39, 0.29) is 11.9 Å². The molecule has 2 aromatic carbocycles. The van der Waals surface area contributed by atoms with Gasteiger partial charge in [-0.15, -0.1) is 0 Å². The number of hydrogen-bond acceptors (Lipinski definition) is 2. The van der Waals surface area contributed by atoms with Crippen molar-refractivity contribution >= 4 is 0 Å². The molecule has 2 atom stereocenters. The Labute approximate surface area is 111 Å². The van der Waals surface area contributed by atoms with Crippen LogP contribution in [0.1, 0.15) is 22.8 Å².